The highest BCUT2D eigenvalue weighted by Crippen LogP contribution is 2.33. The zero-order valence-corrected chi connectivity index (χ0v) is 13.1. The number of nitrogens with zero attached hydrogens (tertiary/aromatic N) is 2. The first-order valence-electron chi connectivity index (χ1n) is 6.46. The number of anilines is 1. The molecule has 19 heavy (non-hydrogen) atoms. The van der Waals surface area contributed by atoms with Gasteiger partial charge in [-0.3, -0.25) is 0 Å². The van der Waals surface area contributed by atoms with Crippen molar-refractivity contribution in [2.45, 2.75) is 44.6 Å². The summed E-state index contributed by atoms with van der Waals surface area (Å²) in [5, 5.41) is 5.38. The Labute approximate surface area is 121 Å². The van der Waals surface area contributed by atoms with E-state index in [2.05, 4.69) is 30.9 Å². The molecule has 0 aromatic carbocycles. The van der Waals surface area contributed by atoms with Gasteiger partial charge in [-0.25, -0.2) is 0 Å². The van der Waals surface area contributed by atoms with Crippen LogP contribution in [0.1, 0.15) is 37.9 Å². The predicted octanol–water partition coefficient (Wildman–Crippen LogP) is 3.97. The number of nitrogen functional groups attached to an aromatic ring is 1. The van der Waals surface area contributed by atoms with Crippen LogP contribution in [0.25, 0.3) is 11.5 Å². The molecular formula is C13H19N3OS2. The number of nitrogens with two attached hydrogens (primary N) is 1. The van der Waals surface area contributed by atoms with Crippen LogP contribution in [0, 0.1) is 0 Å². The maximum atomic E-state index is 5.99. The van der Waals surface area contributed by atoms with Crippen molar-refractivity contribution in [3.63, 3.8) is 0 Å². The fourth-order valence-electron chi connectivity index (χ4n) is 1.56. The molecule has 0 saturated carbocycles. The van der Waals surface area contributed by atoms with Crippen LogP contribution < -0.4 is 5.73 Å². The molecule has 0 aliphatic carbocycles. The largest absolute Gasteiger partial charge is 0.390 e. The summed E-state index contributed by atoms with van der Waals surface area (Å²) in [5.41, 5.74) is 6.86. The Balaban J connectivity index is 2.09. The lowest BCUT2D eigenvalue weighted by Gasteiger charge is -2.04. The van der Waals surface area contributed by atoms with E-state index in [1.807, 2.05) is 17.8 Å². The molecule has 0 bridgehead atoms. The molecule has 0 aliphatic heterocycles. The van der Waals surface area contributed by atoms with Crippen molar-refractivity contribution in [3.8, 4) is 11.5 Å². The van der Waals surface area contributed by atoms with Gasteiger partial charge in [0.15, 0.2) is 5.82 Å². The number of aryl methyl sites for hydroxylation is 1. The lowest BCUT2D eigenvalue weighted by atomic mass is 10.2. The number of thioether (sulfide) groups is 1. The van der Waals surface area contributed by atoms with Crippen LogP contribution in [-0.4, -0.2) is 15.4 Å². The fourth-order valence-corrected chi connectivity index (χ4v) is 3.20. The lowest BCUT2D eigenvalue weighted by Crippen LogP contribution is -1.94. The molecule has 6 heteroatoms. The van der Waals surface area contributed by atoms with Crippen LogP contribution >= 0.6 is 23.1 Å². The minimum atomic E-state index is 0.535. The van der Waals surface area contributed by atoms with Crippen molar-refractivity contribution in [2.24, 2.45) is 0 Å². The summed E-state index contributed by atoms with van der Waals surface area (Å²) in [4.78, 5) is 5.66. The Morgan fingerprint density at radius 1 is 1.47 bits per heavy atom. The minimum absolute atomic E-state index is 0.535. The quantitative estimate of drug-likeness (QED) is 0.873. The summed E-state index contributed by atoms with van der Waals surface area (Å²) in [6.45, 7) is 6.49. The Hall–Kier alpha value is -1.01. The van der Waals surface area contributed by atoms with Crippen LogP contribution in [0.3, 0.4) is 0 Å². The highest BCUT2D eigenvalue weighted by molar-refractivity contribution is 7.99. The average molecular weight is 297 g/mol. The molecule has 2 heterocycles. The van der Waals surface area contributed by atoms with Crippen molar-refractivity contribution in [2.75, 3.05) is 5.73 Å². The molecule has 4 nitrogen and oxygen atoms in total. The molecule has 1 unspecified atom stereocenters. The van der Waals surface area contributed by atoms with Crippen LogP contribution in [0.4, 0.5) is 5.00 Å². The fraction of sp³-hybridized carbons (Fsp3) is 0.538. The molecule has 1 atom stereocenters. The molecular weight excluding hydrogens is 278 g/mol. The third-order valence-electron chi connectivity index (χ3n) is 2.93. The standard InChI is InChI=1S/C13H19N3OS2/c1-4-8(3)18-7-11-15-13(17-16-11)10-6-9(5-2)19-12(10)14/h6,8H,4-5,7,14H2,1-3H3. The predicted molar refractivity (Wildman–Crippen MR) is 82.4 cm³/mol. The molecule has 0 aliphatic rings. The van der Waals surface area contributed by atoms with Gasteiger partial charge in [-0.1, -0.05) is 25.9 Å². The van der Waals surface area contributed by atoms with Gasteiger partial charge in [0.05, 0.1) is 16.3 Å². The SMILES string of the molecule is CCc1cc(-c2nc(CSC(C)CC)no2)c(N)s1. The summed E-state index contributed by atoms with van der Waals surface area (Å²) in [6, 6.07) is 2.04. The van der Waals surface area contributed by atoms with E-state index in [0.29, 0.717) is 11.1 Å². The highest BCUT2D eigenvalue weighted by atomic mass is 32.2. The van der Waals surface area contributed by atoms with E-state index in [1.165, 1.54) is 4.88 Å². The van der Waals surface area contributed by atoms with E-state index in [1.54, 1.807) is 11.3 Å². The second-order valence-corrected chi connectivity index (χ2v) is 6.98. The van der Waals surface area contributed by atoms with Crippen LogP contribution in [-0.2, 0) is 12.2 Å². The van der Waals surface area contributed by atoms with Gasteiger partial charge >= 0.3 is 0 Å². The number of rotatable bonds is 6. The second kappa shape index (κ2) is 6.43. The zero-order valence-electron chi connectivity index (χ0n) is 11.5. The van der Waals surface area contributed by atoms with E-state index in [4.69, 9.17) is 10.3 Å². The highest BCUT2D eigenvalue weighted by Gasteiger charge is 2.15. The molecule has 0 fully saturated rings. The first-order chi connectivity index (χ1) is 9.13. The van der Waals surface area contributed by atoms with Gasteiger partial charge in [-0.15, -0.1) is 11.3 Å². The third kappa shape index (κ3) is 3.51. The van der Waals surface area contributed by atoms with Gasteiger partial charge in [0.1, 0.15) is 0 Å². The molecule has 2 aromatic heterocycles. The Kier molecular flexibility index (Phi) is 4.87. The minimum Gasteiger partial charge on any atom is -0.390 e. The maximum Gasteiger partial charge on any atom is 0.260 e. The summed E-state index contributed by atoms with van der Waals surface area (Å²) < 4.78 is 5.31. The first kappa shape index (κ1) is 14.4. The van der Waals surface area contributed by atoms with Gasteiger partial charge in [0, 0.05) is 10.1 Å². The molecule has 0 amide bonds. The number of hydrogen-bond acceptors (Lipinski definition) is 6. The summed E-state index contributed by atoms with van der Waals surface area (Å²) in [7, 11) is 0. The second-order valence-electron chi connectivity index (χ2n) is 4.39. The smallest absolute Gasteiger partial charge is 0.260 e. The lowest BCUT2D eigenvalue weighted by molar-refractivity contribution is 0.425. The van der Waals surface area contributed by atoms with Crippen LogP contribution in [0.15, 0.2) is 10.6 Å². The Morgan fingerprint density at radius 3 is 2.89 bits per heavy atom. The van der Waals surface area contributed by atoms with Crippen molar-refractivity contribution in [1.82, 2.24) is 10.1 Å². The van der Waals surface area contributed by atoms with Gasteiger partial charge in [0.2, 0.25) is 0 Å². The third-order valence-corrected chi connectivity index (χ3v) is 5.37. The van der Waals surface area contributed by atoms with Crippen molar-refractivity contribution in [1.29, 1.82) is 0 Å². The van der Waals surface area contributed by atoms with Gasteiger partial charge in [-0.2, -0.15) is 16.7 Å². The van der Waals surface area contributed by atoms with E-state index < -0.39 is 0 Å². The first-order valence-corrected chi connectivity index (χ1v) is 8.33. The zero-order chi connectivity index (χ0) is 13.8. The number of aromatic nitrogens is 2. The van der Waals surface area contributed by atoms with Crippen molar-refractivity contribution in [3.05, 3.63) is 16.8 Å². The van der Waals surface area contributed by atoms with E-state index in [0.717, 1.165) is 35.0 Å². The Morgan fingerprint density at radius 2 is 2.26 bits per heavy atom. The molecule has 2 N–H and O–H groups in total. The van der Waals surface area contributed by atoms with Gasteiger partial charge in [-0.05, 0) is 18.9 Å². The topological polar surface area (TPSA) is 64.9 Å². The maximum absolute atomic E-state index is 5.99. The summed E-state index contributed by atoms with van der Waals surface area (Å²) in [5.74, 6) is 2.06. The summed E-state index contributed by atoms with van der Waals surface area (Å²) in [6.07, 6.45) is 2.12. The number of hydrogen-bond donors (Lipinski definition) is 1. The van der Waals surface area contributed by atoms with Gasteiger partial charge in [0.25, 0.3) is 5.89 Å². The molecule has 2 rings (SSSR count). The van der Waals surface area contributed by atoms with E-state index in [-0.39, 0.29) is 0 Å². The molecule has 0 radical (unpaired) electrons. The number of thiophene rings is 1. The summed E-state index contributed by atoms with van der Waals surface area (Å²) >= 11 is 3.42. The van der Waals surface area contributed by atoms with Crippen LogP contribution in [0.5, 0.6) is 0 Å². The van der Waals surface area contributed by atoms with Crippen LogP contribution in [0.2, 0.25) is 0 Å². The van der Waals surface area contributed by atoms with E-state index in [9.17, 15) is 0 Å². The molecule has 0 spiro atoms. The Bertz CT molecular complexity index is 536. The molecule has 2 aromatic rings. The molecule has 0 saturated heterocycles. The normalized spacial score (nSPS) is 12.8. The van der Waals surface area contributed by atoms with Crippen molar-refractivity contribution >= 4 is 28.1 Å². The van der Waals surface area contributed by atoms with Gasteiger partial charge < -0.3 is 10.3 Å². The molecule has 104 valence electrons. The average Bonchev–Trinajstić information content (AvgIpc) is 3.01. The van der Waals surface area contributed by atoms with E-state index >= 15 is 0 Å². The monoisotopic (exact) mass is 297 g/mol. The van der Waals surface area contributed by atoms with Crippen molar-refractivity contribution < 1.29 is 4.52 Å².